The molecule has 0 spiro atoms. The Morgan fingerprint density at radius 2 is 1.95 bits per heavy atom. The van der Waals surface area contributed by atoms with E-state index in [4.69, 9.17) is 11.6 Å². The van der Waals surface area contributed by atoms with E-state index in [1.807, 2.05) is 0 Å². The summed E-state index contributed by atoms with van der Waals surface area (Å²) in [6.07, 6.45) is 1.23. The van der Waals surface area contributed by atoms with Gasteiger partial charge in [-0.3, -0.25) is 15.1 Å². The number of aliphatic imine (C=N–C) groups is 1. The monoisotopic (exact) mass is 307 g/mol. The molecule has 0 radical (unpaired) electrons. The lowest BCUT2D eigenvalue weighted by molar-refractivity contribution is -0.398. The third-order valence-corrected chi connectivity index (χ3v) is 2.90. The molecule has 0 atom stereocenters. The maximum atomic E-state index is 12.7. The number of hydrogen-bond acceptors (Lipinski definition) is 4. The Balaban J connectivity index is 2.21. The Bertz CT molecular complexity index is 702. The minimum Gasteiger partial charge on any atom is -0.867 e. The highest BCUT2D eigenvalue weighted by Crippen LogP contribution is 2.30. The standard InChI is InChI=1S/C14H10ClFN2O3/c15-11-5-10(14(19)13(6-11)18(20)21)8-17-7-9-1-3-12(16)4-2-9/h1-6,8,19H,7H2/p-1. The van der Waals surface area contributed by atoms with Crippen molar-refractivity contribution in [3.8, 4) is 5.75 Å². The van der Waals surface area contributed by atoms with Crippen molar-refractivity contribution in [1.29, 1.82) is 0 Å². The van der Waals surface area contributed by atoms with E-state index in [0.717, 1.165) is 11.6 Å². The van der Waals surface area contributed by atoms with Crippen LogP contribution in [0.4, 0.5) is 10.1 Å². The van der Waals surface area contributed by atoms with Gasteiger partial charge in [0, 0.05) is 17.3 Å². The lowest BCUT2D eigenvalue weighted by Crippen LogP contribution is -2.02. The lowest BCUT2D eigenvalue weighted by Gasteiger charge is -2.10. The van der Waals surface area contributed by atoms with Gasteiger partial charge in [-0.1, -0.05) is 23.7 Å². The molecule has 0 fully saturated rings. The normalized spacial score (nSPS) is 11.0. The van der Waals surface area contributed by atoms with Crippen LogP contribution in [0.3, 0.4) is 0 Å². The van der Waals surface area contributed by atoms with Crippen molar-refractivity contribution in [2.75, 3.05) is 0 Å². The van der Waals surface area contributed by atoms with E-state index in [1.165, 1.54) is 24.4 Å². The first-order valence-electron chi connectivity index (χ1n) is 5.86. The quantitative estimate of drug-likeness (QED) is 0.494. The SMILES string of the molecule is O=[N+]([O-])c1cc(Cl)cc(C=NCc2ccc(F)cc2)c1[O-]. The first-order valence-corrected chi connectivity index (χ1v) is 6.24. The average molecular weight is 308 g/mol. The van der Waals surface area contributed by atoms with Crippen LogP contribution < -0.4 is 5.11 Å². The van der Waals surface area contributed by atoms with Gasteiger partial charge in [-0.15, -0.1) is 0 Å². The van der Waals surface area contributed by atoms with Crippen molar-refractivity contribution >= 4 is 23.5 Å². The lowest BCUT2D eigenvalue weighted by atomic mass is 10.2. The topological polar surface area (TPSA) is 78.6 Å². The zero-order valence-electron chi connectivity index (χ0n) is 10.6. The third-order valence-electron chi connectivity index (χ3n) is 2.68. The number of benzene rings is 2. The molecule has 0 saturated heterocycles. The van der Waals surface area contributed by atoms with E-state index < -0.39 is 16.4 Å². The molecule has 0 amide bonds. The number of rotatable bonds is 4. The second-order valence-electron chi connectivity index (χ2n) is 4.20. The average Bonchev–Trinajstić information content (AvgIpc) is 2.44. The third kappa shape index (κ3) is 3.76. The molecule has 0 aliphatic carbocycles. The molecule has 0 heterocycles. The smallest absolute Gasteiger partial charge is 0.263 e. The highest BCUT2D eigenvalue weighted by molar-refractivity contribution is 6.31. The van der Waals surface area contributed by atoms with Crippen LogP contribution in [0.2, 0.25) is 5.02 Å². The molecule has 21 heavy (non-hydrogen) atoms. The highest BCUT2D eigenvalue weighted by Gasteiger charge is 2.11. The second-order valence-corrected chi connectivity index (χ2v) is 4.63. The molecule has 2 aromatic carbocycles. The fraction of sp³-hybridized carbons (Fsp3) is 0.0714. The molecule has 0 unspecified atom stereocenters. The van der Waals surface area contributed by atoms with Gasteiger partial charge in [-0.2, -0.15) is 0 Å². The van der Waals surface area contributed by atoms with E-state index >= 15 is 0 Å². The van der Waals surface area contributed by atoms with Crippen LogP contribution in [0.1, 0.15) is 11.1 Å². The van der Waals surface area contributed by atoms with Gasteiger partial charge in [-0.05, 0) is 35.1 Å². The first kappa shape index (κ1) is 14.9. The number of halogens is 2. The molecule has 0 aliphatic heterocycles. The van der Waals surface area contributed by atoms with Crippen molar-refractivity contribution in [3.05, 3.63) is 68.5 Å². The van der Waals surface area contributed by atoms with Crippen molar-refractivity contribution in [2.45, 2.75) is 6.54 Å². The van der Waals surface area contributed by atoms with E-state index in [-0.39, 0.29) is 22.9 Å². The van der Waals surface area contributed by atoms with E-state index in [0.29, 0.717) is 0 Å². The van der Waals surface area contributed by atoms with Crippen molar-refractivity contribution in [1.82, 2.24) is 0 Å². The van der Waals surface area contributed by atoms with Gasteiger partial charge >= 0.3 is 0 Å². The molecule has 0 bridgehead atoms. The van der Waals surface area contributed by atoms with Crippen molar-refractivity contribution in [2.24, 2.45) is 4.99 Å². The van der Waals surface area contributed by atoms with E-state index in [1.54, 1.807) is 12.1 Å². The Morgan fingerprint density at radius 1 is 1.29 bits per heavy atom. The predicted octanol–water partition coefficient (Wildman–Crippen LogP) is 3.08. The van der Waals surface area contributed by atoms with Crippen LogP contribution in [-0.4, -0.2) is 11.1 Å². The molecule has 2 rings (SSSR count). The number of nitro groups is 1. The van der Waals surface area contributed by atoms with E-state index in [2.05, 4.69) is 4.99 Å². The molecule has 5 nitrogen and oxygen atoms in total. The number of hydrogen-bond donors (Lipinski definition) is 0. The fourth-order valence-corrected chi connectivity index (χ4v) is 1.89. The van der Waals surface area contributed by atoms with Gasteiger partial charge in [-0.25, -0.2) is 4.39 Å². The molecule has 0 N–H and O–H groups in total. The van der Waals surface area contributed by atoms with Crippen LogP contribution in [0.5, 0.6) is 5.75 Å². The summed E-state index contributed by atoms with van der Waals surface area (Å²) in [5.74, 6) is -1.10. The Kier molecular flexibility index (Phi) is 4.49. The van der Waals surface area contributed by atoms with Crippen LogP contribution in [0.25, 0.3) is 0 Å². The summed E-state index contributed by atoms with van der Waals surface area (Å²) in [6.45, 7) is 0.222. The van der Waals surface area contributed by atoms with Crippen LogP contribution in [-0.2, 0) is 6.54 Å². The number of nitro benzene ring substituents is 1. The summed E-state index contributed by atoms with van der Waals surface area (Å²) in [5.41, 5.74) is 0.193. The molecular weight excluding hydrogens is 299 g/mol. The summed E-state index contributed by atoms with van der Waals surface area (Å²) in [4.78, 5) is 13.9. The second kappa shape index (κ2) is 6.32. The molecule has 0 aliphatic rings. The van der Waals surface area contributed by atoms with Gasteiger partial charge in [0.15, 0.2) is 0 Å². The maximum Gasteiger partial charge on any atom is 0.263 e. The first-order chi connectivity index (χ1) is 9.97. The van der Waals surface area contributed by atoms with Gasteiger partial charge in [0.2, 0.25) is 0 Å². The highest BCUT2D eigenvalue weighted by atomic mass is 35.5. The van der Waals surface area contributed by atoms with Crippen molar-refractivity contribution in [3.63, 3.8) is 0 Å². The fourth-order valence-electron chi connectivity index (χ4n) is 1.67. The zero-order valence-corrected chi connectivity index (χ0v) is 11.4. The molecule has 2 aromatic rings. The molecule has 0 aromatic heterocycles. The largest absolute Gasteiger partial charge is 0.867 e. The van der Waals surface area contributed by atoms with Gasteiger partial charge in [0.05, 0.1) is 11.5 Å². The van der Waals surface area contributed by atoms with Crippen LogP contribution in [0.15, 0.2) is 41.4 Å². The zero-order chi connectivity index (χ0) is 15.4. The Hall–Kier alpha value is -2.47. The van der Waals surface area contributed by atoms with Crippen LogP contribution >= 0.6 is 11.6 Å². The van der Waals surface area contributed by atoms with E-state index in [9.17, 15) is 19.6 Å². The maximum absolute atomic E-state index is 12.7. The predicted molar refractivity (Wildman–Crippen MR) is 75.3 cm³/mol. The van der Waals surface area contributed by atoms with Crippen molar-refractivity contribution < 1.29 is 14.4 Å². The summed E-state index contributed by atoms with van der Waals surface area (Å²) in [6, 6.07) is 8.03. The Labute approximate surface area is 124 Å². The minimum atomic E-state index is -0.786. The van der Waals surface area contributed by atoms with Crippen LogP contribution in [0, 0.1) is 15.9 Å². The van der Waals surface area contributed by atoms with Gasteiger partial charge < -0.3 is 5.11 Å². The summed E-state index contributed by atoms with van der Waals surface area (Å²) in [5, 5.41) is 22.6. The summed E-state index contributed by atoms with van der Waals surface area (Å²) in [7, 11) is 0. The molecule has 7 heteroatoms. The molecule has 108 valence electrons. The van der Waals surface area contributed by atoms with Gasteiger partial charge in [0.1, 0.15) is 5.82 Å². The molecule has 0 saturated carbocycles. The van der Waals surface area contributed by atoms with Gasteiger partial charge in [0.25, 0.3) is 5.69 Å². The summed E-state index contributed by atoms with van der Waals surface area (Å²) < 4.78 is 12.7. The Morgan fingerprint density at radius 3 is 2.57 bits per heavy atom. The molecular formula is C14H9ClFN2O3-. The minimum absolute atomic E-state index is 0.0383. The summed E-state index contributed by atoms with van der Waals surface area (Å²) >= 11 is 5.73. The number of nitrogens with zero attached hydrogens (tertiary/aromatic N) is 2.